The maximum atomic E-state index is 13.6. The number of hydrogen-bond donors (Lipinski definition) is 3. The van der Waals surface area contributed by atoms with Gasteiger partial charge in [0.05, 0.1) is 6.61 Å². The standard InChI is InChI=1S/C25H41N3O5/c1-7-9-15-26-22(30)21(19-14-12-11-13-18(19)3)28(16-10-8-2)23(31)20(17-29)27-24(32)33-25(4,5)6/h11-14,20-21,29H,7-10,15-17H2,1-6H3,(H,26,30)(H,27,32). The molecular weight excluding hydrogens is 422 g/mol. The Kier molecular flexibility index (Phi) is 11.9. The van der Waals surface area contributed by atoms with Crippen molar-refractivity contribution in [3.05, 3.63) is 35.4 Å². The van der Waals surface area contributed by atoms with Gasteiger partial charge in [-0.2, -0.15) is 0 Å². The first-order valence-electron chi connectivity index (χ1n) is 11.8. The lowest BCUT2D eigenvalue weighted by Gasteiger charge is -2.34. The largest absolute Gasteiger partial charge is 0.444 e. The molecular formula is C25H41N3O5. The van der Waals surface area contributed by atoms with Gasteiger partial charge in [-0.3, -0.25) is 9.59 Å². The first-order chi connectivity index (χ1) is 15.6. The number of nitrogens with zero attached hydrogens (tertiary/aromatic N) is 1. The van der Waals surface area contributed by atoms with Crippen molar-refractivity contribution in [1.29, 1.82) is 0 Å². The van der Waals surface area contributed by atoms with Gasteiger partial charge in [-0.25, -0.2) is 4.79 Å². The Hall–Kier alpha value is -2.61. The third kappa shape index (κ3) is 9.42. The molecule has 33 heavy (non-hydrogen) atoms. The van der Waals surface area contributed by atoms with Gasteiger partial charge in [-0.05, 0) is 51.7 Å². The lowest BCUT2D eigenvalue weighted by Crippen LogP contribution is -2.54. The number of benzene rings is 1. The number of carbonyl (C=O) groups excluding carboxylic acids is 3. The lowest BCUT2D eigenvalue weighted by atomic mass is 9.97. The summed E-state index contributed by atoms with van der Waals surface area (Å²) in [4.78, 5) is 40.6. The van der Waals surface area contributed by atoms with Crippen molar-refractivity contribution >= 4 is 17.9 Å². The van der Waals surface area contributed by atoms with E-state index in [1.807, 2.05) is 45.0 Å². The number of nitrogens with one attached hydrogen (secondary N) is 2. The Morgan fingerprint density at radius 2 is 1.73 bits per heavy atom. The molecule has 8 nitrogen and oxygen atoms in total. The fourth-order valence-electron chi connectivity index (χ4n) is 3.36. The summed E-state index contributed by atoms with van der Waals surface area (Å²) in [5.41, 5.74) is 0.839. The molecule has 0 fully saturated rings. The Bertz CT molecular complexity index is 776. The summed E-state index contributed by atoms with van der Waals surface area (Å²) in [6, 6.07) is 5.33. The maximum Gasteiger partial charge on any atom is 0.408 e. The van der Waals surface area contributed by atoms with Crippen molar-refractivity contribution in [2.45, 2.75) is 84.9 Å². The second-order valence-electron chi connectivity index (χ2n) is 9.17. The SMILES string of the molecule is CCCCNC(=O)C(c1ccccc1C)N(CCCC)C(=O)C(CO)NC(=O)OC(C)(C)C. The summed E-state index contributed by atoms with van der Waals surface area (Å²) in [6.45, 7) is 11.3. The molecule has 0 aliphatic rings. The van der Waals surface area contributed by atoms with E-state index in [1.165, 1.54) is 4.90 Å². The number of rotatable bonds is 12. The van der Waals surface area contributed by atoms with Crippen molar-refractivity contribution in [3.63, 3.8) is 0 Å². The zero-order valence-corrected chi connectivity index (χ0v) is 20.9. The fourth-order valence-corrected chi connectivity index (χ4v) is 3.36. The summed E-state index contributed by atoms with van der Waals surface area (Å²) >= 11 is 0. The second kappa shape index (κ2) is 13.8. The topological polar surface area (TPSA) is 108 Å². The van der Waals surface area contributed by atoms with Crippen molar-refractivity contribution in [1.82, 2.24) is 15.5 Å². The minimum absolute atomic E-state index is 0.281. The van der Waals surface area contributed by atoms with Gasteiger partial charge in [-0.15, -0.1) is 0 Å². The predicted molar refractivity (Wildman–Crippen MR) is 129 cm³/mol. The molecule has 1 aromatic rings. The summed E-state index contributed by atoms with van der Waals surface area (Å²) in [6.07, 6.45) is 2.44. The average molecular weight is 464 g/mol. The van der Waals surface area contributed by atoms with E-state index >= 15 is 0 Å². The molecule has 0 bridgehead atoms. The summed E-state index contributed by atoms with van der Waals surface area (Å²) in [5.74, 6) is -0.813. The van der Waals surface area contributed by atoms with Crippen LogP contribution in [0.4, 0.5) is 4.79 Å². The van der Waals surface area contributed by atoms with E-state index in [9.17, 15) is 19.5 Å². The molecule has 2 atom stereocenters. The zero-order chi connectivity index (χ0) is 25.0. The van der Waals surface area contributed by atoms with Crippen LogP contribution in [-0.4, -0.2) is 59.3 Å². The molecule has 0 aliphatic carbocycles. The smallest absolute Gasteiger partial charge is 0.408 e. The molecule has 0 aromatic heterocycles. The van der Waals surface area contributed by atoms with Crippen LogP contribution in [-0.2, 0) is 14.3 Å². The van der Waals surface area contributed by atoms with Crippen molar-refractivity contribution in [3.8, 4) is 0 Å². The highest BCUT2D eigenvalue weighted by Crippen LogP contribution is 2.26. The van der Waals surface area contributed by atoms with Crippen LogP contribution in [0.25, 0.3) is 0 Å². The molecule has 0 heterocycles. The van der Waals surface area contributed by atoms with Crippen molar-refractivity contribution < 1.29 is 24.2 Å². The number of unbranched alkanes of at least 4 members (excludes halogenated alkanes) is 2. The van der Waals surface area contributed by atoms with Crippen LogP contribution in [0.1, 0.15) is 77.5 Å². The molecule has 3 N–H and O–H groups in total. The first-order valence-corrected chi connectivity index (χ1v) is 11.8. The Morgan fingerprint density at radius 1 is 1.09 bits per heavy atom. The van der Waals surface area contributed by atoms with Gasteiger partial charge in [-0.1, -0.05) is 51.0 Å². The Morgan fingerprint density at radius 3 is 2.27 bits per heavy atom. The number of carbonyl (C=O) groups is 3. The minimum Gasteiger partial charge on any atom is -0.444 e. The third-order valence-corrected chi connectivity index (χ3v) is 5.08. The lowest BCUT2D eigenvalue weighted by molar-refractivity contribution is -0.143. The molecule has 0 spiro atoms. The number of aliphatic hydroxyl groups excluding tert-OH is 1. The second-order valence-corrected chi connectivity index (χ2v) is 9.17. The molecule has 0 aliphatic heterocycles. The molecule has 186 valence electrons. The van der Waals surface area contributed by atoms with E-state index in [2.05, 4.69) is 10.6 Å². The molecule has 3 amide bonds. The third-order valence-electron chi connectivity index (χ3n) is 5.08. The molecule has 0 saturated carbocycles. The van der Waals surface area contributed by atoms with E-state index in [0.717, 1.165) is 24.8 Å². The van der Waals surface area contributed by atoms with Crippen LogP contribution in [0.15, 0.2) is 24.3 Å². The van der Waals surface area contributed by atoms with Crippen LogP contribution in [0.5, 0.6) is 0 Å². The predicted octanol–water partition coefficient (Wildman–Crippen LogP) is 3.47. The van der Waals surface area contributed by atoms with E-state index < -0.39 is 36.3 Å². The fraction of sp³-hybridized carbons (Fsp3) is 0.640. The molecule has 1 aromatic carbocycles. The molecule has 1 rings (SSSR count). The first kappa shape index (κ1) is 28.4. The highest BCUT2D eigenvalue weighted by molar-refractivity contribution is 5.92. The van der Waals surface area contributed by atoms with Gasteiger partial charge in [0, 0.05) is 13.1 Å². The number of hydrogen-bond acceptors (Lipinski definition) is 5. The zero-order valence-electron chi connectivity index (χ0n) is 20.9. The van der Waals surface area contributed by atoms with Crippen molar-refractivity contribution in [2.75, 3.05) is 19.7 Å². The van der Waals surface area contributed by atoms with E-state index in [-0.39, 0.29) is 5.91 Å². The van der Waals surface area contributed by atoms with Crippen LogP contribution >= 0.6 is 0 Å². The maximum absolute atomic E-state index is 13.6. The number of ether oxygens (including phenoxy) is 1. The van der Waals surface area contributed by atoms with Gasteiger partial charge < -0.3 is 25.4 Å². The number of amides is 3. The summed E-state index contributed by atoms with van der Waals surface area (Å²) in [5, 5.41) is 15.3. The molecule has 8 heteroatoms. The minimum atomic E-state index is -1.23. The van der Waals surface area contributed by atoms with Gasteiger partial charge in [0.1, 0.15) is 17.7 Å². The van der Waals surface area contributed by atoms with E-state index in [4.69, 9.17) is 4.74 Å². The highest BCUT2D eigenvalue weighted by atomic mass is 16.6. The Labute approximate surface area is 198 Å². The summed E-state index contributed by atoms with van der Waals surface area (Å²) in [7, 11) is 0. The molecule has 0 radical (unpaired) electrons. The number of alkyl carbamates (subject to hydrolysis) is 1. The van der Waals surface area contributed by atoms with E-state index in [1.54, 1.807) is 20.8 Å². The summed E-state index contributed by atoms with van der Waals surface area (Å²) < 4.78 is 5.25. The normalized spacial score (nSPS) is 13.1. The number of aliphatic hydroxyl groups is 1. The van der Waals surface area contributed by atoms with Crippen LogP contribution in [0.2, 0.25) is 0 Å². The average Bonchev–Trinajstić information content (AvgIpc) is 2.74. The van der Waals surface area contributed by atoms with Gasteiger partial charge in [0.2, 0.25) is 11.8 Å². The number of aryl methyl sites for hydroxylation is 1. The monoisotopic (exact) mass is 463 g/mol. The van der Waals surface area contributed by atoms with Crippen LogP contribution in [0.3, 0.4) is 0 Å². The Balaban J connectivity index is 3.32. The van der Waals surface area contributed by atoms with E-state index in [0.29, 0.717) is 25.1 Å². The van der Waals surface area contributed by atoms with Crippen molar-refractivity contribution in [2.24, 2.45) is 0 Å². The van der Waals surface area contributed by atoms with Gasteiger partial charge in [0.25, 0.3) is 0 Å². The van der Waals surface area contributed by atoms with Gasteiger partial charge in [0.15, 0.2) is 0 Å². The highest BCUT2D eigenvalue weighted by Gasteiger charge is 2.36. The molecule has 0 saturated heterocycles. The quantitative estimate of drug-likeness (QED) is 0.412. The van der Waals surface area contributed by atoms with Crippen LogP contribution in [0, 0.1) is 6.92 Å². The molecule has 2 unspecified atom stereocenters. The van der Waals surface area contributed by atoms with Gasteiger partial charge >= 0.3 is 6.09 Å². The van der Waals surface area contributed by atoms with Crippen LogP contribution < -0.4 is 10.6 Å².